The Morgan fingerprint density at radius 1 is 0.574 bits per heavy atom. The molecule has 0 N–H and O–H groups in total. The molecule has 6 aromatic carbocycles. The minimum Gasteiger partial charge on any atom is 0 e. The van der Waals surface area contributed by atoms with E-state index in [1.165, 1.54) is 48.9 Å². The second kappa shape index (κ2) is 19.1. The molecule has 0 fully saturated rings. The first kappa shape index (κ1) is 43.7. The van der Waals surface area contributed by atoms with Gasteiger partial charge in [-0.1, -0.05) is 91.5 Å². The first-order valence-electron chi connectivity index (χ1n) is 21.2. The van der Waals surface area contributed by atoms with Crippen molar-refractivity contribution in [3.8, 4) is 55.9 Å². The SMILES string of the molecule is CCC(CC)c1ccnc(-c2[c-]cc3oc4cc(-c5ccccc5)cc(-c5ccccc5)c4c3c2)c1.Cc1c[c-]c(-c2cc(C)[c]([Ge]([CH3])([CH3])[CH3])cn2)cc1-c1ccccc1.[Ir]. The van der Waals surface area contributed by atoms with E-state index in [9.17, 15) is 0 Å². The molecule has 0 amide bonds. The van der Waals surface area contributed by atoms with Crippen LogP contribution in [0.15, 0.2) is 162 Å². The standard InChI is InChI=1S/C34H28NO.C22H24GeN.Ir/c1-3-23(4-2)26-17-18-35-31(21-26)27-15-16-32-30(19-27)34-29(25-13-9-6-10-14-25)20-28(22-33(34)36-32)24-11-7-5-8-12-24;1-16-11-12-19(14-20(16)18-9-7-6-8-10-18)22-13-17(2)21(15-24-22)23(3,4)5;/h5-14,16-23H,3-4H2,1-2H3;6-11,13-15H,1-5H3;/q2*-1;. The Labute approximate surface area is 378 Å². The van der Waals surface area contributed by atoms with Crippen LogP contribution >= 0.6 is 0 Å². The number of aryl methyl sites for hydroxylation is 2. The number of nitrogens with zero attached hydrogens (tertiary/aromatic N) is 2. The zero-order chi connectivity index (χ0) is 41.8. The predicted molar refractivity (Wildman–Crippen MR) is 256 cm³/mol. The van der Waals surface area contributed by atoms with Crippen LogP contribution in [0.5, 0.6) is 0 Å². The van der Waals surface area contributed by atoms with Gasteiger partial charge in [0.1, 0.15) is 5.58 Å². The Bertz CT molecular complexity index is 2900. The van der Waals surface area contributed by atoms with Crippen molar-refractivity contribution in [1.82, 2.24) is 9.97 Å². The van der Waals surface area contributed by atoms with Crippen LogP contribution in [0.3, 0.4) is 0 Å². The van der Waals surface area contributed by atoms with Crippen LogP contribution in [0.2, 0.25) is 17.3 Å². The molecule has 9 aromatic rings. The molecule has 0 unspecified atom stereocenters. The van der Waals surface area contributed by atoms with E-state index in [1.807, 2.05) is 18.3 Å². The molecule has 0 bridgehead atoms. The molecule has 0 atom stereocenters. The number of hydrogen-bond donors (Lipinski definition) is 0. The maximum atomic E-state index is 6.41. The first-order chi connectivity index (χ1) is 29.1. The normalized spacial score (nSPS) is 11.3. The van der Waals surface area contributed by atoms with Crippen molar-refractivity contribution in [2.75, 3.05) is 0 Å². The van der Waals surface area contributed by atoms with Gasteiger partial charge in [0.15, 0.2) is 0 Å². The van der Waals surface area contributed by atoms with Gasteiger partial charge >= 0.3 is 148 Å². The van der Waals surface area contributed by atoms with Gasteiger partial charge in [0.25, 0.3) is 0 Å². The number of pyridine rings is 2. The fraction of sp³-hybridized carbons (Fsp3) is 0.179. The molecule has 0 saturated heterocycles. The molecule has 0 aliphatic rings. The number of hydrogen-bond acceptors (Lipinski definition) is 3. The number of aromatic nitrogens is 2. The largest absolute Gasteiger partial charge is 0 e. The summed E-state index contributed by atoms with van der Waals surface area (Å²) in [5.41, 5.74) is 16.8. The van der Waals surface area contributed by atoms with E-state index < -0.39 is 13.3 Å². The van der Waals surface area contributed by atoms with E-state index in [1.54, 1.807) is 0 Å². The Morgan fingerprint density at radius 3 is 1.79 bits per heavy atom. The van der Waals surface area contributed by atoms with Gasteiger partial charge in [0.2, 0.25) is 0 Å². The third kappa shape index (κ3) is 9.58. The van der Waals surface area contributed by atoms with Crippen molar-refractivity contribution in [2.45, 2.75) is 63.7 Å². The summed E-state index contributed by atoms with van der Waals surface area (Å²) in [6, 6.07) is 57.9. The van der Waals surface area contributed by atoms with Gasteiger partial charge in [-0.05, 0) is 64.9 Å². The summed E-state index contributed by atoms with van der Waals surface area (Å²) in [6.07, 6.45) is 6.27. The summed E-state index contributed by atoms with van der Waals surface area (Å²) < 4.78 is 7.89. The van der Waals surface area contributed by atoms with Gasteiger partial charge in [0.05, 0.1) is 5.58 Å². The van der Waals surface area contributed by atoms with Crippen LogP contribution in [0.1, 0.15) is 49.3 Å². The number of furan rings is 1. The fourth-order valence-electron chi connectivity index (χ4n) is 8.38. The van der Waals surface area contributed by atoms with E-state index in [2.05, 4.69) is 197 Å². The van der Waals surface area contributed by atoms with Crippen molar-refractivity contribution < 1.29 is 24.5 Å². The van der Waals surface area contributed by atoms with Crippen LogP contribution in [0.4, 0.5) is 0 Å². The molecule has 0 saturated carbocycles. The van der Waals surface area contributed by atoms with Gasteiger partial charge in [-0.15, -0.1) is 23.8 Å². The summed E-state index contributed by atoms with van der Waals surface area (Å²) >= 11 is -1.86. The Kier molecular flexibility index (Phi) is 13.7. The average Bonchev–Trinajstić information content (AvgIpc) is 3.65. The zero-order valence-electron chi connectivity index (χ0n) is 36.1. The van der Waals surface area contributed by atoms with Gasteiger partial charge in [-0.25, -0.2) is 0 Å². The summed E-state index contributed by atoms with van der Waals surface area (Å²) in [4.78, 5) is 9.46. The maximum absolute atomic E-state index is 6.41. The van der Waals surface area contributed by atoms with Crippen LogP contribution in [-0.4, -0.2) is 23.2 Å². The Balaban J connectivity index is 0.000000196. The summed E-state index contributed by atoms with van der Waals surface area (Å²) in [6.45, 7) is 8.85. The van der Waals surface area contributed by atoms with Crippen LogP contribution in [0.25, 0.3) is 77.8 Å². The van der Waals surface area contributed by atoms with Crippen molar-refractivity contribution >= 4 is 39.6 Å². The smallest absolute Gasteiger partial charge is 0 e. The fourth-order valence-corrected chi connectivity index (χ4v) is 12.0. The van der Waals surface area contributed by atoms with E-state index in [-0.39, 0.29) is 20.1 Å². The minimum absolute atomic E-state index is 0. The summed E-state index contributed by atoms with van der Waals surface area (Å²) in [7, 11) is 0. The Morgan fingerprint density at radius 2 is 1.16 bits per heavy atom. The molecular weight excluding hydrogens is 981 g/mol. The third-order valence-electron chi connectivity index (χ3n) is 11.7. The van der Waals surface area contributed by atoms with Crippen LogP contribution in [0, 0.1) is 26.0 Å². The van der Waals surface area contributed by atoms with E-state index in [0.717, 1.165) is 62.9 Å². The van der Waals surface area contributed by atoms with Gasteiger partial charge < -0.3 is 9.40 Å². The van der Waals surface area contributed by atoms with Crippen molar-refractivity contribution in [3.05, 3.63) is 187 Å². The second-order valence-corrected chi connectivity index (χ2v) is 27.4. The second-order valence-electron chi connectivity index (χ2n) is 16.8. The molecule has 1 radical (unpaired) electrons. The molecule has 3 heterocycles. The van der Waals surface area contributed by atoms with Gasteiger partial charge in [-0.3, -0.25) is 0 Å². The van der Waals surface area contributed by atoms with Crippen molar-refractivity contribution in [2.24, 2.45) is 0 Å². The van der Waals surface area contributed by atoms with Gasteiger partial charge in [0, 0.05) is 31.7 Å². The molecule has 5 heteroatoms. The molecule has 0 spiro atoms. The van der Waals surface area contributed by atoms with Gasteiger partial charge in [-0.2, -0.15) is 0 Å². The molecular formula is C56H52GeIrN2O-2. The zero-order valence-corrected chi connectivity index (χ0v) is 40.6. The third-order valence-corrected chi connectivity index (χ3v) is 16.1. The maximum Gasteiger partial charge on any atom is 0 e. The summed E-state index contributed by atoms with van der Waals surface area (Å²) in [5.74, 6) is 7.78. The molecule has 9 rings (SSSR count). The molecule has 0 aliphatic carbocycles. The van der Waals surface area contributed by atoms with Crippen LogP contribution in [-0.2, 0) is 20.1 Å². The molecule has 61 heavy (non-hydrogen) atoms. The average molecular weight is 1030 g/mol. The quantitative estimate of drug-likeness (QED) is 0.107. The predicted octanol–water partition coefficient (Wildman–Crippen LogP) is 15.1. The van der Waals surface area contributed by atoms with Crippen LogP contribution < -0.4 is 4.40 Å². The van der Waals surface area contributed by atoms with Crippen molar-refractivity contribution in [3.63, 3.8) is 0 Å². The van der Waals surface area contributed by atoms with Crippen molar-refractivity contribution in [1.29, 1.82) is 0 Å². The summed E-state index contributed by atoms with van der Waals surface area (Å²) in [5, 5.41) is 2.22. The number of benzene rings is 6. The topological polar surface area (TPSA) is 38.9 Å². The molecule has 3 nitrogen and oxygen atoms in total. The molecule has 0 aliphatic heterocycles. The molecule has 3 aromatic heterocycles. The molecule has 307 valence electrons. The number of rotatable bonds is 9. The first-order valence-corrected chi connectivity index (χ1v) is 28.5. The Hall–Kier alpha value is -5.39. The van der Waals surface area contributed by atoms with E-state index in [4.69, 9.17) is 14.4 Å². The van der Waals surface area contributed by atoms with E-state index in [0.29, 0.717) is 5.92 Å². The monoisotopic (exact) mass is 1040 g/mol. The number of fused-ring (bicyclic) bond motifs is 3. The minimum atomic E-state index is -1.86. The van der Waals surface area contributed by atoms with E-state index >= 15 is 0 Å².